The van der Waals surface area contributed by atoms with Crippen LogP contribution >= 0.6 is 0 Å². The Hall–Kier alpha value is -3.85. The second kappa shape index (κ2) is 8.89. The summed E-state index contributed by atoms with van der Waals surface area (Å²) in [5, 5.41) is 4.76. The highest BCUT2D eigenvalue weighted by Gasteiger charge is 2.12. The van der Waals surface area contributed by atoms with Crippen LogP contribution in [0.1, 0.15) is 11.1 Å². The minimum atomic E-state index is 0.767. The number of nitrogens with zero attached hydrogens (tertiary/aromatic N) is 1. The summed E-state index contributed by atoms with van der Waals surface area (Å²) in [7, 11) is 1.69. The van der Waals surface area contributed by atoms with E-state index in [0.29, 0.717) is 0 Å². The van der Waals surface area contributed by atoms with E-state index in [1.54, 1.807) is 7.11 Å². The summed E-state index contributed by atoms with van der Waals surface area (Å²) in [6.07, 6.45) is 0. The zero-order chi connectivity index (χ0) is 19.9. The molecule has 0 saturated carbocycles. The van der Waals surface area contributed by atoms with E-state index in [-0.39, 0.29) is 0 Å². The van der Waals surface area contributed by atoms with E-state index in [1.165, 1.54) is 0 Å². The van der Waals surface area contributed by atoms with Gasteiger partial charge in [0.25, 0.3) is 0 Å². The molecule has 0 fully saturated rings. The molecule has 0 radical (unpaired) electrons. The van der Waals surface area contributed by atoms with Crippen LogP contribution in [0.25, 0.3) is 11.1 Å². The van der Waals surface area contributed by atoms with Gasteiger partial charge >= 0.3 is 0 Å². The Balaban J connectivity index is 1.75. The normalized spacial score (nSPS) is 10.2. The lowest BCUT2D eigenvalue weighted by Gasteiger charge is -2.14. The van der Waals surface area contributed by atoms with Gasteiger partial charge in [0, 0.05) is 16.7 Å². The average molecular weight is 378 g/mol. The fourth-order valence-corrected chi connectivity index (χ4v) is 3.29. The second-order valence-corrected chi connectivity index (χ2v) is 6.56. The van der Waals surface area contributed by atoms with Crippen molar-refractivity contribution in [2.45, 2.75) is 0 Å². The van der Waals surface area contributed by atoms with Crippen LogP contribution in [0.3, 0.4) is 0 Å². The molecule has 0 aliphatic carbocycles. The van der Waals surface area contributed by atoms with Crippen molar-refractivity contribution in [1.29, 1.82) is 0 Å². The highest BCUT2D eigenvalue weighted by atomic mass is 16.5. The van der Waals surface area contributed by atoms with E-state index >= 15 is 0 Å². The summed E-state index contributed by atoms with van der Waals surface area (Å²) in [5.41, 5.74) is 9.14. The summed E-state index contributed by atoms with van der Waals surface area (Å²) >= 11 is 0. The smallest absolute Gasteiger partial charge is 0.151 e. The van der Waals surface area contributed by atoms with Gasteiger partial charge < -0.3 is 4.74 Å². The molecular formula is C26H22N2O. The van der Waals surface area contributed by atoms with Crippen LogP contribution in [0.4, 0.5) is 5.69 Å². The first-order valence-corrected chi connectivity index (χ1v) is 9.54. The van der Waals surface area contributed by atoms with Gasteiger partial charge in [-0.05, 0) is 11.6 Å². The number of methoxy groups -OCH3 is 1. The maximum atomic E-state index is 5.74. The van der Waals surface area contributed by atoms with Gasteiger partial charge in [0.15, 0.2) is 5.75 Å². The average Bonchev–Trinajstić information content (AvgIpc) is 2.81. The van der Waals surface area contributed by atoms with Crippen LogP contribution in [0.2, 0.25) is 0 Å². The topological polar surface area (TPSA) is 33.6 Å². The Kier molecular flexibility index (Phi) is 5.68. The molecule has 4 aromatic carbocycles. The number of ether oxygens (including phenoxy) is 1. The number of anilines is 1. The molecule has 0 aliphatic rings. The Bertz CT molecular complexity index is 1050. The molecule has 0 unspecified atom stereocenters. The Labute approximate surface area is 171 Å². The number of nitrogens with one attached hydrogen (secondary N) is 1. The van der Waals surface area contributed by atoms with Gasteiger partial charge in [0.2, 0.25) is 0 Å². The summed E-state index contributed by atoms with van der Waals surface area (Å²) in [4.78, 5) is 0. The van der Waals surface area contributed by atoms with Crippen molar-refractivity contribution in [3.05, 3.63) is 120 Å². The van der Waals surface area contributed by atoms with Crippen LogP contribution in [0.5, 0.6) is 5.75 Å². The second-order valence-electron chi connectivity index (χ2n) is 6.56. The van der Waals surface area contributed by atoms with Gasteiger partial charge in [-0.25, -0.2) is 0 Å². The molecule has 0 bridgehead atoms. The Morgan fingerprint density at radius 3 is 1.76 bits per heavy atom. The van der Waals surface area contributed by atoms with Crippen LogP contribution < -0.4 is 10.2 Å². The quantitative estimate of drug-likeness (QED) is 0.319. The first-order chi connectivity index (χ1) is 14.4. The maximum absolute atomic E-state index is 5.74. The summed E-state index contributed by atoms with van der Waals surface area (Å²) < 4.78 is 5.74. The van der Waals surface area contributed by atoms with Gasteiger partial charge in [-0.15, -0.1) is 0 Å². The largest absolute Gasteiger partial charge is 0.494 e. The molecule has 3 nitrogen and oxygen atoms in total. The molecule has 3 heteroatoms. The molecule has 0 aromatic heterocycles. The first kappa shape index (κ1) is 18.5. The van der Waals surface area contributed by atoms with Crippen molar-refractivity contribution in [3.63, 3.8) is 0 Å². The molecule has 0 amide bonds. The number of benzene rings is 4. The Morgan fingerprint density at radius 2 is 1.21 bits per heavy atom. The van der Waals surface area contributed by atoms with Crippen LogP contribution in [-0.2, 0) is 0 Å². The molecule has 4 rings (SSSR count). The third-order valence-electron chi connectivity index (χ3n) is 4.69. The lowest BCUT2D eigenvalue weighted by atomic mass is 10.0. The predicted molar refractivity (Wildman–Crippen MR) is 121 cm³/mol. The van der Waals surface area contributed by atoms with E-state index < -0.39 is 0 Å². The van der Waals surface area contributed by atoms with E-state index in [0.717, 1.165) is 39.4 Å². The van der Waals surface area contributed by atoms with Crippen molar-refractivity contribution in [2.24, 2.45) is 5.10 Å². The van der Waals surface area contributed by atoms with Gasteiger partial charge in [0.1, 0.15) is 0 Å². The third kappa shape index (κ3) is 4.19. The number of para-hydroxylation sites is 1. The number of rotatable bonds is 6. The van der Waals surface area contributed by atoms with Gasteiger partial charge in [-0.3, -0.25) is 5.43 Å². The SMILES string of the molecule is COc1c(NN=C(c2ccccc2)c2ccccc2)cccc1-c1ccccc1. The fourth-order valence-electron chi connectivity index (χ4n) is 3.29. The lowest BCUT2D eigenvalue weighted by Crippen LogP contribution is -2.07. The molecular weight excluding hydrogens is 356 g/mol. The molecule has 0 atom stereocenters. The zero-order valence-electron chi connectivity index (χ0n) is 16.2. The number of hydrogen-bond donors (Lipinski definition) is 1. The molecule has 0 aliphatic heterocycles. The van der Waals surface area contributed by atoms with Crippen molar-refractivity contribution >= 4 is 11.4 Å². The van der Waals surface area contributed by atoms with Gasteiger partial charge in [0.05, 0.1) is 18.5 Å². The molecule has 0 saturated heterocycles. The van der Waals surface area contributed by atoms with Crippen molar-refractivity contribution in [3.8, 4) is 16.9 Å². The number of hydrazone groups is 1. The van der Waals surface area contributed by atoms with Crippen LogP contribution in [0, 0.1) is 0 Å². The maximum Gasteiger partial charge on any atom is 0.151 e. The highest BCUT2D eigenvalue weighted by molar-refractivity contribution is 6.13. The minimum absolute atomic E-state index is 0.767. The summed E-state index contributed by atoms with van der Waals surface area (Å²) in [6.45, 7) is 0. The molecule has 0 spiro atoms. The molecule has 4 aromatic rings. The number of hydrogen-bond acceptors (Lipinski definition) is 3. The lowest BCUT2D eigenvalue weighted by molar-refractivity contribution is 0.418. The fraction of sp³-hybridized carbons (Fsp3) is 0.0385. The first-order valence-electron chi connectivity index (χ1n) is 9.54. The van der Waals surface area contributed by atoms with E-state index in [4.69, 9.17) is 9.84 Å². The van der Waals surface area contributed by atoms with E-state index in [2.05, 4.69) is 47.9 Å². The molecule has 1 N–H and O–H groups in total. The summed E-state index contributed by atoms with van der Waals surface area (Å²) in [6, 6.07) is 36.6. The highest BCUT2D eigenvalue weighted by Crippen LogP contribution is 2.36. The van der Waals surface area contributed by atoms with Crippen molar-refractivity contribution in [2.75, 3.05) is 12.5 Å². The predicted octanol–water partition coefficient (Wildman–Crippen LogP) is 6.23. The molecule has 0 heterocycles. The summed E-state index contributed by atoms with van der Waals surface area (Å²) in [5.74, 6) is 0.767. The molecule has 29 heavy (non-hydrogen) atoms. The van der Waals surface area contributed by atoms with E-state index in [9.17, 15) is 0 Å². The van der Waals surface area contributed by atoms with Gasteiger partial charge in [-0.2, -0.15) is 5.10 Å². The standard InChI is InChI=1S/C26H22N2O/c1-29-26-23(20-12-5-2-6-13-20)18-11-19-24(26)27-28-25(21-14-7-3-8-15-21)22-16-9-4-10-17-22/h2-19,27H,1H3. The van der Waals surface area contributed by atoms with Gasteiger partial charge in [-0.1, -0.05) is 103 Å². The Morgan fingerprint density at radius 1 is 0.655 bits per heavy atom. The van der Waals surface area contributed by atoms with Crippen molar-refractivity contribution < 1.29 is 4.74 Å². The van der Waals surface area contributed by atoms with Crippen LogP contribution in [-0.4, -0.2) is 12.8 Å². The van der Waals surface area contributed by atoms with Crippen LogP contribution in [0.15, 0.2) is 114 Å². The third-order valence-corrected chi connectivity index (χ3v) is 4.69. The monoisotopic (exact) mass is 378 g/mol. The molecule has 142 valence electrons. The minimum Gasteiger partial charge on any atom is -0.494 e. The van der Waals surface area contributed by atoms with E-state index in [1.807, 2.05) is 66.7 Å². The van der Waals surface area contributed by atoms with Crippen molar-refractivity contribution in [1.82, 2.24) is 0 Å². The zero-order valence-corrected chi connectivity index (χ0v) is 16.2.